The summed E-state index contributed by atoms with van der Waals surface area (Å²) in [6.07, 6.45) is -4.32. The van der Waals surface area contributed by atoms with Gasteiger partial charge in [0.2, 0.25) is 0 Å². The van der Waals surface area contributed by atoms with E-state index in [0.29, 0.717) is 23.6 Å². The van der Waals surface area contributed by atoms with Gasteiger partial charge in [-0.1, -0.05) is 18.2 Å². The van der Waals surface area contributed by atoms with Crippen molar-refractivity contribution in [2.45, 2.75) is 26.2 Å². The van der Waals surface area contributed by atoms with E-state index >= 15 is 0 Å². The van der Waals surface area contributed by atoms with Crippen LogP contribution in [-0.2, 0) is 19.3 Å². The largest absolute Gasteiger partial charge is 0.416 e. The maximum atomic E-state index is 12.9. The number of fused-ring (bicyclic) bond motifs is 1. The summed E-state index contributed by atoms with van der Waals surface area (Å²) in [5, 5.41) is 1.92. The molecule has 29 heavy (non-hydrogen) atoms. The van der Waals surface area contributed by atoms with E-state index in [2.05, 4.69) is 14.8 Å². The Morgan fingerprint density at radius 3 is 2.45 bits per heavy atom. The van der Waals surface area contributed by atoms with Gasteiger partial charge in [-0.2, -0.15) is 13.2 Å². The van der Waals surface area contributed by atoms with Gasteiger partial charge in [0.05, 0.1) is 11.3 Å². The zero-order valence-corrected chi connectivity index (χ0v) is 16.8. The van der Waals surface area contributed by atoms with Gasteiger partial charge in [-0.3, -0.25) is 19.0 Å². The van der Waals surface area contributed by atoms with Crippen molar-refractivity contribution in [2.24, 2.45) is 0 Å². The molecule has 2 aromatic heterocycles. The van der Waals surface area contributed by atoms with Crippen LogP contribution in [0.4, 0.5) is 13.2 Å². The van der Waals surface area contributed by atoms with Crippen LogP contribution >= 0.6 is 11.3 Å². The lowest BCUT2D eigenvalue weighted by Crippen LogP contribution is -2.45. The van der Waals surface area contributed by atoms with E-state index in [1.807, 2.05) is 12.3 Å². The Bertz CT molecular complexity index is 1070. The van der Waals surface area contributed by atoms with Gasteiger partial charge in [0, 0.05) is 56.4 Å². The molecule has 154 valence electrons. The van der Waals surface area contributed by atoms with Crippen LogP contribution in [-0.4, -0.2) is 45.4 Å². The van der Waals surface area contributed by atoms with Crippen molar-refractivity contribution < 1.29 is 13.2 Å². The molecule has 0 amide bonds. The van der Waals surface area contributed by atoms with E-state index in [-0.39, 0.29) is 5.56 Å². The molecule has 3 heterocycles. The summed E-state index contributed by atoms with van der Waals surface area (Å²) in [5.41, 5.74) is 1.64. The average Bonchev–Trinajstić information content (AvgIpc) is 3.04. The molecule has 0 atom stereocenters. The van der Waals surface area contributed by atoms with Crippen molar-refractivity contribution in [3.63, 3.8) is 0 Å². The average molecular weight is 422 g/mol. The maximum Gasteiger partial charge on any atom is 0.416 e. The summed E-state index contributed by atoms with van der Waals surface area (Å²) in [4.78, 5) is 22.0. The number of hydrogen-bond donors (Lipinski definition) is 0. The molecule has 0 aliphatic carbocycles. The van der Waals surface area contributed by atoms with Crippen molar-refractivity contribution in [1.82, 2.24) is 19.2 Å². The molecule has 1 aromatic carbocycles. The topological polar surface area (TPSA) is 40.9 Å². The van der Waals surface area contributed by atoms with Gasteiger partial charge >= 0.3 is 6.18 Å². The minimum atomic E-state index is -4.32. The Hall–Kier alpha value is -2.23. The third kappa shape index (κ3) is 4.52. The van der Waals surface area contributed by atoms with Gasteiger partial charge in [0.1, 0.15) is 0 Å². The van der Waals surface area contributed by atoms with Crippen LogP contribution in [0.3, 0.4) is 0 Å². The fourth-order valence-corrected chi connectivity index (χ4v) is 4.51. The first-order chi connectivity index (χ1) is 13.8. The quantitative estimate of drug-likeness (QED) is 0.646. The second-order valence-corrected chi connectivity index (χ2v) is 8.17. The molecular formula is C20H21F3N4OS. The Morgan fingerprint density at radius 1 is 1.07 bits per heavy atom. The highest BCUT2D eigenvalue weighted by molar-refractivity contribution is 7.15. The molecule has 5 nitrogen and oxygen atoms in total. The van der Waals surface area contributed by atoms with Crippen molar-refractivity contribution in [1.29, 1.82) is 0 Å². The Labute approximate surface area is 170 Å². The van der Waals surface area contributed by atoms with E-state index in [9.17, 15) is 18.0 Å². The summed E-state index contributed by atoms with van der Waals surface area (Å²) >= 11 is 1.45. The Balaban J connectivity index is 1.36. The number of hydrogen-bond acceptors (Lipinski definition) is 5. The molecule has 0 spiro atoms. The molecule has 0 radical (unpaired) electrons. The number of nitrogens with zero attached hydrogens (tertiary/aromatic N) is 4. The lowest BCUT2D eigenvalue weighted by Gasteiger charge is -2.34. The predicted molar refractivity (Wildman–Crippen MR) is 106 cm³/mol. The number of piperazine rings is 1. The molecule has 1 aliphatic heterocycles. The Morgan fingerprint density at radius 2 is 1.76 bits per heavy atom. The van der Waals surface area contributed by atoms with Gasteiger partial charge < -0.3 is 0 Å². The van der Waals surface area contributed by atoms with E-state index in [1.54, 1.807) is 16.5 Å². The number of aryl methyl sites for hydroxylation is 1. The third-order valence-corrected chi connectivity index (χ3v) is 6.08. The molecule has 0 saturated carbocycles. The number of rotatable bonds is 4. The highest BCUT2D eigenvalue weighted by Crippen LogP contribution is 2.29. The summed E-state index contributed by atoms with van der Waals surface area (Å²) in [5.74, 6) is 0. The standard InChI is InChI=1S/C20H21F3N4OS/c1-14-13-29-19-24-17(10-18(28)27(14)19)12-26-7-5-25(6-8-26)11-15-3-2-4-16(9-15)20(21,22)23/h2-4,9-10,13H,5-8,11-12H2,1H3. The zero-order valence-electron chi connectivity index (χ0n) is 15.9. The molecule has 3 aromatic rings. The van der Waals surface area contributed by atoms with E-state index < -0.39 is 11.7 Å². The van der Waals surface area contributed by atoms with Crippen LogP contribution < -0.4 is 5.56 Å². The summed E-state index contributed by atoms with van der Waals surface area (Å²) < 4.78 is 40.3. The first kappa shape index (κ1) is 20.1. The highest BCUT2D eigenvalue weighted by atomic mass is 32.1. The molecule has 9 heteroatoms. The number of alkyl halides is 3. The normalized spacial score (nSPS) is 16.6. The number of benzene rings is 1. The molecule has 0 bridgehead atoms. The van der Waals surface area contributed by atoms with Gasteiger partial charge in [-0.15, -0.1) is 11.3 Å². The maximum absolute atomic E-state index is 12.9. The van der Waals surface area contributed by atoms with Crippen molar-refractivity contribution in [3.05, 3.63) is 68.6 Å². The van der Waals surface area contributed by atoms with Crippen LogP contribution in [0, 0.1) is 6.92 Å². The molecule has 1 fully saturated rings. The summed E-state index contributed by atoms with van der Waals surface area (Å²) in [6, 6.07) is 7.10. The summed E-state index contributed by atoms with van der Waals surface area (Å²) in [7, 11) is 0. The molecule has 0 unspecified atom stereocenters. The first-order valence-electron chi connectivity index (χ1n) is 9.37. The second-order valence-electron chi connectivity index (χ2n) is 7.33. The monoisotopic (exact) mass is 422 g/mol. The third-order valence-electron chi connectivity index (χ3n) is 5.14. The van der Waals surface area contributed by atoms with Gasteiger partial charge in [-0.05, 0) is 18.6 Å². The van der Waals surface area contributed by atoms with Crippen molar-refractivity contribution in [2.75, 3.05) is 26.2 Å². The molecular weight excluding hydrogens is 401 g/mol. The highest BCUT2D eigenvalue weighted by Gasteiger charge is 2.30. The molecule has 4 rings (SSSR count). The van der Waals surface area contributed by atoms with Crippen molar-refractivity contribution in [3.8, 4) is 0 Å². The second kappa shape index (κ2) is 7.89. The lowest BCUT2D eigenvalue weighted by atomic mass is 10.1. The van der Waals surface area contributed by atoms with Gasteiger partial charge in [-0.25, -0.2) is 4.98 Å². The van der Waals surface area contributed by atoms with E-state index in [4.69, 9.17) is 0 Å². The van der Waals surface area contributed by atoms with Crippen LogP contribution in [0.2, 0.25) is 0 Å². The fraction of sp³-hybridized carbons (Fsp3) is 0.400. The van der Waals surface area contributed by atoms with Crippen LogP contribution in [0.25, 0.3) is 4.96 Å². The number of halogens is 3. The predicted octanol–water partition coefficient (Wildman–Crippen LogP) is 3.40. The van der Waals surface area contributed by atoms with Crippen molar-refractivity contribution >= 4 is 16.3 Å². The number of thiazole rings is 1. The molecule has 1 saturated heterocycles. The smallest absolute Gasteiger partial charge is 0.297 e. The van der Waals surface area contributed by atoms with Gasteiger partial charge in [0.15, 0.2) is 4.96 Å². The van der Waals surface area contributed by atoms with Crippen LogP contribution in [0.5, 0.6) is 0 Å². The summed E-state index contributed by atoms with van der Waals surface area (Å²) in [6.45, 7) is 6.06. The minimum absolute atomic E-state index is 0.0630. The van der Waals surface area contributed by atoms with E-state index in [0.717, 1.165) is 43.6 Å². The molecule has 1 aliphatic rings. The molecule has 0 N–H and O–H groups in total. The fourth-order valence-electron chi connectivity index (χ4n) is 3.62. The Kier molecular flexibility index (Phi) is 5.46. The first-order valence-corrected chi connectivity index (χ1v) is 10.3. The minimum Gasteiger partial charge on any atom is -0.297 e. The lowest BCUT2D eigenvalue weighted by molar-refractivity contribution is -0.137. The SMILES string of the molecule is Cc1csc2nc(CN3CCN(Cc4cccc(C(F)(F)F)c4)CC3)cc(=O)n12. The van der Waals surface area contributed by atoms with E-state index in [1.165, 1.54) is 23.5 Å². The van der Waals surface area contributed by atoms with Crippen LogP contribution in [0.1, 0.15) is 22.5 Å². The van der Waals surface area contributed by atoms with Crippen LogP contribution in [0.15, 0.2) is 40.5 Å². The van der Waals surface area contributed by atoms with Gasteiger partial charge in [0.25, 0.3) is 5.56 Å². The number of aromatic nitrogens is 2. The zero-order chi connectivity index (χ0) is 20.6.